The average molecular weight is 310 g/mol. The number of benzene rings is 1. The highest BCUT2D eigenvalue weighted by Crippen LogP contribution is 2.29. The Labute approximate surface area is 134 Å². The molecule has 0 saturated heterocycles. The van der Waals surface area contributed by atoms with Crippen LogP contribution in [0.4, 0.5) is 0 Å². The summed E-state index contributed by atoms with van der Waals surface area (Å²) in [7, 11) is 0. The number of fused-ring (bicyclic) bond motifs is 1. The number of hydrogen-bond acceptors (Lipinski definition) is 4. The fraction of sp³-hybridized carbons (Fsp3) is 0.222. The van der Waals surface area contributed by atoms with Crippen LogP contribution in [-0.4, -0.2) is 17.5 Å². The van der Waals surface area contributed by atoms with Gasteiger partial charge in [0.1, 0.15) is 17.1 Å². The van der Waals surface area contributed by atoms with Crippen molar-refractivity contribution in [2.45, 2.75) is 20.4 Å². The number of carbonyl (C=O) groups is 1. The van der Waals surface area contributed by atoms with E-state index in [-0.39, 0.29) is 5.91 Å². The molecule has 118 valence electrons. The van der Waals surface area contributed by atoms with Gasteiger partial charge in [0, 0.05) is 24.3 Å². The summed E-state index contributed by atoms with van der Waals surface area (Å²) in [4.78, 5) is 16.6. The molecule has 0 atom stereocenters. The van der Waals surface area contributed by atoms with Crippen molar-refractivity contribution in [2.24, 2.45) is 0 Å². The van der Waals surface area contributed by atoms with E-state index in [0.29, 0.717) is 30.1 Å². The summed E-state index contributed by atoms with van der Waals surface area (Å²) in [6.45, 7) is 4.71. The highest BCUT2D eigenvalue weighted by Gasteiger charge is 2.18. The van der Waals surface area contributed by atoms with Crippen LogP contribution in [-0.2, 0) is 6.54 Å². The Kier molecular flexibility index (Phi) is 4.28. The van der Waals surface area contributed by atoms with Crippen LogP contribution in [0.5, 0.6) is 5.75 Å². The Bertz CT molecular complexity index is 825. The Morgan fingerprint density at radius 3 is 2.96 bits per heavy atom. The number of pyridine rings is 1. The van der Waals surface area contributed by atoms with Gasteiger partial charge in [0.25, 0.3) is 5.91 Å². The second-order valence-electron chi connectivity index (χ2n) is 5.17. The second kappa shape index (κ2) is 6.52. The molecule has 0 bridgehead atoms. The van der Waals surface area contributed by atoms with Gasteiger partial charge in [-0.15, -0.1) is 0 Å². The number of nitrogens with zero attached hydrogens (tertiary/aromatic N) is 1. The lowest BCUT2D eigenvalue weighted by atomic mass is 10.1. The van der Waals surface area contributed by atoms with Crippen LogP contribution in [0.15, 0.2) is 47.1 Å². The monoisotopic (exact) mass is 310 g/mol. The van der Waals surface area contributed by atoms with Crippen LogP contribution >= 0.6 is 0 Å². The van der Waals surface area contributed by atoms with E-state index in [9.17, 15) is 4.79 Å². The molecule has 0 fully saturated rings. The number of amides is 1. The van der Waals surface area contributed by atoms with Gasteiger partial charge in [-0.05, 0) is 43.7 Å². The van der Waals surface area contributed by atoms with Crippen LogP contribution in [0.25, 0.3) is 11.0 Å². The van der Waals surface area contributed by atoms with Gasteiger partial charge in [0.05, 0.1) is 12.2 Å². The van der Waals surface area contributed by atoms with Crippen molar-refractivity contribution in [1.82, 2.24) is 10.3 Å². The van der Waals surface area contributed by atoms with Gasteiger partial charge in [-0.3, -0.25) is 9.78 Å². The zero-order valence-corrected chi connectivity index (χ0v) is 13.1. The Morgan fingerprint density at radius 2 is 2.22 bits per heavy atom. The lowest BCUT2D eigenvalue weighted by molar-refractivity contribution is 0.0951. The fourth-order valence-electron chi connectivity index (χ4n) is 2.51. The molecule has 0 unspecified atom stereocenters. The SMILES string of the molecule is CCOc1ccc2oc(C)c(C(=O)NCc3cccnc3)c2c1. The topological polar surface area (TPSA) is 64.4 Å². The summed E-state index contributed by atoms with van der Waals surface area (Å²) in [5, 5.41) is 3.67. The highest BCUT2D eigenvalue weighted by atomic mass is 16.5. The second-order valence-corrected chi connectivity index (χ2v) is 5.17. The maximum absolute atomic E-state index is 12.6. The first-order chi connectivity index (χ1) is 11.2. The minimum absolute atomic E-state index is 0.168. The number of aryl methyl sites for hydroxylation is 1. The van der Waals surface area contributed by atoms with Crippen molar-refractivity contribution >= 4 is 16.9 Å². The molecule has 0 aliphatic carbocycles. The molecule has 5 heteroatoms. The van der Waals surface area contributed by atoms with Crippen molar-refractivity contribution in [1.29, 1.82) is 0 Å². The quantitative estimate of drug-likeness (QED) is 0.784. The fourth-order valence-corrected chi connectivity index (χ4v) is 2.51. The van der Waals surface area contributed by atoms with Gasteiger partial charge in [-0.2, -0.15) is 0 Å². The molecule has 1 N–H and O–H groups in total. The van der Waals surface area contributed by atoms with Crippen molar-refractivity contribution in [3.8, 4) is 5.75 Å². The van der Waals surface area contributed by atoms with E-state index in [1.54, 1.807) is 19.3 Å². The summed E-state index contributed by atoms with van der Waals surface area (Å²) < 4.78 is 11.2. The van der Waals surface area contributed by atoms with Crippen LogP contribution < -0.4 is 10.1 Å². The van der Waals surface area contributed by atoms with Gasteiger partial charge in [-0.1, -0.05) is 6.07 Å². The van der Waals surface area contributed by atoms with Crippen molar-refractivity contribution < 1.29 is 13.9 Å². The Morgan fingerprint density at radius 1 is 1.35 bits per heavy atom. The molecular formula is C18H18N2O3. The third-order valence-electron chi connectivity index (χ3n) is 3.55. The van der Waals surface area contributed by atoms with Gasteiger partial charge in [0.15, 0.2) is 0 Å². The molecule has 0 saturated carbocycles. The number of hydrogen-bond donors (Lipinski definition) is 1. The molecule has 23 heavy (non-hydrogen) atoms. The maximum Gasteiger partial charge on any atom is 0.255 e. The number of nitrogens with one attached hydrogen (secondary N) is 1. The number of ether oxygens (including phenoxy) is 1. The molecule has 2 heterocycles. The molecule has 0 aliphatic rings. The van der Waals surface area contributed by atoms with E-state index in [2.05, 4.69) is 10.3 Å². The van der Waals surface area contributed by atoms with E-state index in [4.69, 9.17) is 9.15 Å². The molecule has 3 rings (SSSR count). The number of rotatable bonds is 5. The minimum atomic E-state index is -0.168. The van der Waals surface area contributed by atoms with Crippen molar-refractivity contribution in [3.05, 3.63) is 59.6 Å². The summed E-state index contributed by atoms with van der Waals surface area (Å²) in [5.41, 5.74) is 2.17. The average Bonchev–Trinajstić information content (AvgIpc) is 2.89. The number of carbonyl (C=O) groups excluding carboxylic acids is 1. The third-order valence-corrected chi connectivity index (χ3v) is 3.55. The van der Waals surface area contributed by atoms with Crippen LogP contribution in [0.2, 0.25) is 0 Å². The molecule has 5 nitrogen and oxygen atoms in total. The smallest absolute Gasteiger partial charge is 0.255 e. The largest absolute Gasteiger partial charge is 0.494 e. The van der Waals surface area contributed by atoms with Gasteiger partial charge in [-0.25, -0.2) is 0 Å². The molecular weight excluding hydrogens is 292 g/mol. The highest BCUT2D eigenvalue weighted by molar-refractivity contribution is 6.07. The maximum atomic E-state index is 12.6. The molecule has 0 spiro atoms. The van der Waals surface area contributed by atoms with E-state index in [1.807, 2.05) is 37.3 Å². The lowest BCUT2D eigenvalue weighted by Gasteiger charge is -2.05. The standard InChI is InChI=1S/C18H18N2O3/c1-3-22-14-6-7-16-15(9-14)17(12(2)23-16)18(21)20-11-13-5-4-8-19-10-13/h4-10H,3,11H2,1-2H3,(H,20,21). The first-order valence-electron chi connectivity index (χ1n) is 7.52. The van der Waals surface area contributed by atoms with Crippen molar-refractivity contribution in [3.63, 3.8) is 0 Å². The Balaban J connectivity index is 1.87. The third kappa shape index (κ3) is 3.18. The molecule has 3 aromatic rings. The van der Waals surface area contributed by atoms with Gasteiger partial charge in [0.2, 0.25) is 0 Å². The Hall–Kier alpha value is -2.82. The number of furan rings is 1. The predicted octanol–water partition coefficient (Wildman–Crippen LogP) is 3.46. The van der Waals surface area contributed by atoms with E-state index >= 15 is 0 Å². The van der Waals surface area contributed by atoms with Gasteiger partial charge >= 0.3 is 0 Å². The molecule has 2 aromatic heterocycles. The van der Waals surface area contributed by atoms with E-state index < -0.39 is 0 Å². The lowest BCUT2D eigenvalue weighted by Crippen LogP contribution is -2.23. The normalized spacial score (nSPS) is 10.7. The van der Waals surface area contributed by atoms with Crippen LogP contribution in [0.1, 0.15) is 28.6 Å². The van der Waals surface area contributed by atoms with Crippen LogP contribution in [0.3, 0.4) is 0 Å². The van der Waals surface area contributed by atoms with E-state index in [0.717, 1.165) is 16.7 Å². The summed E-state index contributed by atoms with van der Waals surface area (Å²) in [6.07, 6.45) is 3.43. The predicted molar refractivity (Wildman–Crippen MR) is 87.5 cm³/mol. The zero-order valence-electron chi connectivity index (χ0n) is 13.1. The number of aromatic nitrogens is 1. The molecule has 0 radical (unpaired) electrons. The summed E-state index contributed by atoms with van der Waals surface area (Å²) in [6, 6.07) is 9.26. The first-order valence-corrected chi connectivity index (χ1v) is 7.52. The first kappa shape index (κ1) is 15.1. The van der Waals surface area contributed by atoms with Crippen molar-refractivity contribution in [2.75, 3.05) is 6.61 Å². The zero-order chi connectivity index (χ0) is 16.2. The van der Waals surface area contributed by atoms with Crippen LogP contribution in [0, 0.1) is 6.92 Å². The minimum Gasteiger partial charge on any atom is -0.494 e. The summed E-state index contributed by atoms with van der Waals surface area (Å²) >= 11 is 0. The molecule has 1 aromatic carbocycles. The summed E-state index contributed by atoms with van der Waals surface area (Å²) in [5.74, 6) is 1.15. The van der Waals surface area contributed by atoms with Gasteiger partial charge < -0.3 is 14.5 Å². The van der Waals surface area contributed by atoms with E-state index in [1.165, 1.54) is 0 Å². The molecule has 0 aliphatic heterocycles. The molecule has 1 amide bonds.